The zero-order chi connectivity index (χ0) is 12.3. The van der Waals surface area contributed by atoms with Crippen LogP contribution in [0.3, 0.4) is 0 Å². The van der Waals surface area contributed by atoms with E-state index in [0.717, 1.165) is 19.4 Å². The molecule has 0 unspecified atom stereocenters. The molecule has 1 aliphatic heterocycles. The van der Waals surface area contributed by atoms with Crippen LogP contribution in [-0.4, -0.2) is 42.4 Å². The average Bonchev–Trinajstić information content (AvgIpc) is 2.39. The average molecular weight is 236 g/mol. The Hall–Kier alpha value is -1.62. The van der Waals surface area contributed by atoms with E-state index >= 15 is 0 Å². The summed E-state index contributed by atoms with van der Waals surface area (Å²) in [6.07, 6.45) is 3.79. The maximum Gasteiger partial charge on any atom is 0.339 e. The van der Waals surface area contributed by atoms with Crippen LogP contribution in [0.2, 0.25) is 0 Å². The van der Waals surface area contributed by atoms with Crippen molar-refractivity contribution in [1.82, 2.24) is 4.98 Å². The van der Waals surface area contributed by atoms with E-state index in [4.69, 9.17) is 9.84 Å². The summed E-state index contributed by atoms with van der Waals surface area (Å²) in [7, 11) is 1.69. The molecule has 0 amide bonds. The minimum absolute atomic E-state index is 0.160. The van der Waals surface area contributed by atoms with Crippen LogP contribution < -0.4 is 4.90 Å². The van der Waals surface area contributed by atoms with Gasteiger partial charge in [0.05, 0.1) is 6.10 Å². The monoisotopic (exact) mass is 236 g/mol. The smallest absolute Gasteiger partial charge is 0.339 e. The van der Waals surface area contributed by atoms with E-state index in [9.17, 15) is 4.79 Å². The number of carboxylic acid groups (broad SMARTS) is 1. The molecule has 0 bridgehead atoms. The molecule has 2 rings (SSSR count). The third-order valence-corrected chi connectivity index (χ3v) is 3.03. The Labute approximate surface area is 100 Å². The number of hydrogen-bond donors (Lipinski definition) is 1. The van der Waals surface area contributed by atoms with Crippen LogP contribution in [0.5, 0.6) is 0 Å². The number of aromatic carboxylic acids is 1. The highest BCUT2D eigenvalue weighted by molar-refractivity contribution is 5.93. The van der Waals surface area contributed by atoms with E-state index in [2.05, 4.69) is 4.98 Å². The molecular weight excluding hydrogens is 220 g/mol. The quantitative estimate of drug-likeness (QED) is 0.859. The van der Waals surface area contributed by atoms with E-state index in [1.807, 2.05) is 4.90 Å². The number of ether oxygens (including phenoxy) is 1. The first kappa shape index (κ1) is 11.9. The standard InChI is InChI=1S/C12H16N2O3/c1-17-9-4-3-7-14(8-9)11-10(12(15)16)5-2-6-13-11/h2,5-6,9H,3-4,7-8H2,1H3,(H,15,16)/t9-/m1/s1. The SMILES string of the molecule is CO[C@@H]1CCCN(c2ncccc2C(=O)O)C1. The third-order valence-electron chi connectivity index (χ3n) is 3.03. The Balaban J connectivity index is 2.24. The van der Waals surface area contributed by atoms with E-state index < -0.39 is 5.97 Å². The van der Waals surface area contributed by atoms with Gasteiger partial charge in [0.15, 0.2) is 0 Å². The molecule has 5 heteroatoms. The molecule has 1 N–H and O–H groups in total. The number of carboxylic acids is 1. The molecule has 17 heavy (non-hydrogen) atoms. The van der Waals surface area contributed by atoms with E-state index in [1.54, 1.807) is 25.4 Å². The molecule has 2 heterocycles. The molecule has 0 aliphatic carbocycles. The second-order valence-electron chi connectivity index (χ2n) is 4.13. The van der Waals surface area contributed by atoms with Crippen molar-refractivity contribution in [2.24, 2.45) is 0 Å². The molecule has 0 saturated carbocycles. The van der Waals surface area contributed by atoms with Gasteiger partial charge in [-0.05, 0) is 25.0 Å². The topological polar surface area (TPSA) is 62.7 Å². The Bertz CT molecular complexity index is 408. The van der Waals surface area contributed by atoms with Crippen LogP contribution >= 0.6 is 0 Å². The second kappa shape index (κ2) is 5.14. The summed E-state index contributed by atoms with van der Waals surface area (Å²) in [4.78, 5) is 17.3. The van der Waals surface area contributed by atoms with Gasteiger partial charge in [0.1, 0.15) is 11.4 Å². The fraction of sp³-hybridized carbons (Fsp3) is 0.500. The van der Waals surface area contributed by atoms with Crippen LogP contribution in [0.1, 0.15) is 23.2 Å². The highest BCUT2D eigenvalue weighted by atomic mass is 16.5. The summed E-state index contributed by atoms with van der Waals surface area (Å²) in [6, 6.07) is 3.23. The van der Waals surface area contributed by atoms with Gasteiger partial charge in [0, 0.05) is 26.4 Å². The third kappa shape index (κ3) is 2.55. The molecule has 0 spiro atoms. The van der Waals surface area contributed by atoms with Crippen LogP contribution in [-0.2, 0) is 4.74 Å². The molecule has 92 valence electrons. The van der Waals surface area contributed by atoms with Gasteiger partial charge < -0.3 is 14.7 Å². The highest BCUT2D eigenvalue weighted by Gasteiger charge is 2.23. The maximum atomic E-state index is 11.1. The van der Waals surface area contributed by atoms with Gasteiger partial charge in [-0.3, -0.25) is 0 Å². The van der Waals surface area contributed by atoms with Crippen LogP contribution in [0.15, 0.2) is 18.3 Å². The first-order valence-corrected chi connectivity index (χ1v) is 5.68. The molecule has 1 aliphatic rings. The zero-order valence-electron chi connectivity index (χ0n) is 9.80. The lowest BCUT2D eigenvalue weighted by Gasteiger charge is -2.33. The van der Waals surface area contributed by atoms with Crippen LogP contribution in [0.4, 0.5) is 5.82 Å². The number of piperidine rings is 1. The van der Waals surface area contributed by atoms with E-state index in [-0.39, 0.29) is 11.7 Å². The first-order valence-electron chi connectivity index (χ1n) is 5.68. The molecule has 1 atom stereocenters. The number of aromatic nitrogens is 1. The van der Waals surface area contributed by atoms with Gasteiger partial charge in [0.25, 0.3) is 0 Å². The molecule has 0 aromatic carbocycles. The molecule has 1 aromatic rings. The van der Waals surface area contributed by atoms with Gasteiger partial charge in [-0.25, -0.2) is 9.78 Å². The number of nitrogens with zero attached hydrogens (tertiary/aromatic N) is 2. The first-order chi connectivity index (χ1) is 8.22. The van der Waals surface area contributed by atoms with Crippen LogP contribution in [0.25, 0.3) is 0 Å². The minimum Gasteiger partial charge on any atom is -0.478 e. The maximum absolute atomic E-state index is 11.1. The Morgan fingerprint density at radius 3 is 3.18 bits per heavy atom. The number of anilines is 1. The zero-order valence-corrected chi connectivity index (χ0v) is 9.80. The summed E-state index contributed by atoms with van der Waals surface area (Å²) in [5.74, 6) is -0.394. The van der Waals surface area contributed by atoms with E-state index in [0.29, 0.717) is 12.4 Å². The predicted molar refractivity (Wildman–Crippen MR) is 63.4 cm³/mol. The molecule has 5 nitrogen and oxygen atoms in total. The Kier molecular flexibility index (Phi) is 3.58. The molecular formula is C12H16N2O3. The van der Waals surface area contributed by atoms with Gasteiger partial charge in [0.2, 0.25) is 0 Å². The summed E-state index contributed by atoms with van der Waals surface area (Å²) in [6.45, 7) is 1.53. The molecule has 1 saturated heterocycles. The lowest BCUT2D eigenvalue weighted by molar-refractivity contribution is 0.0694. The van der Waals surface area contributed by atoms with Crippen molar-refractivity contribution >= 4 is 11.8 Å². The lowest BCUT2D eigenvalue weighted by atomic mass is 10.1. The largest absolute Gasteiger partial charge is 0.478 e. The van der Waals surface area contributed by atoms with Crippen molar-refractivity contribution in [1.29, 1.82) is 0 Å². The fourth-order valence-corrected chi connectivity index (χ4v) is 2.14. The Morgan fingerprint density at radius 1 is 1.65 bits per heavy atom. The number of pyridine rings is 1. The van der Waals surface area contributed by atoms with E-state index in [1.165, 1.54) is 0 Å². The number of carbonyl (C=O) groups is 1. The van der Waals surface area contributed by atoms with Crippen molar-refractivity contribution in [3.63, 3.8) is 0 Å². The normalized spacial score (nSPS) is 20.3. The van der Waals surface area contributed by atoms with Crippen molar-refractivity contribution in [3.05, 3.63) is 23.9 Å². The molecule has 1 aromatic heterocycles. The second-order valence-corrected chi connectivity index (χ2v) is 4.13. The summed E-state index contributed by atoms with van der Waals surface area (Å²) >= 11 is 0. The summed E-state index contributed by atoms with van der Waals surface area (Å²) < 4.78 is 5.33. The summed E-state index contributed by atoms with van der Waals surface area (Å²) in [5, 5.41) is 9.12. The lowest BCUT2D eigenvalue weighted by Crippen LogP contribution is -2.40. The van der Waals surface area contributed by atoms with Crippen molar-refractivity contribution in [2.45, 2.75) is 18.9 Å². The molecule has 1 fully saturated rings. The highest BCUT2D eigenvalue weighted by Crippen LogP contribution is 2.22. The minimum atomic E-state index is -0.937. The number of hydrogen-bond acceptors (Lipinski definition) is 4. The Morgan fingerprint density at radius 2 is 2.47 bits per heavy atom. The van der Waals surface area contributed by atoms with Gasteiger partial charge in [-0.1, -0.05) is 0 Å². The van der Waals surface area contributed by atoms with Crippen LogP contribution in [0, 0.1) is 0 Å². The number of rotatable bonds is 3. The fourth-order valence-electron chi connectivity index (χ4n) is 2.14. The van der Waals surface area contributed by atoms with Gasteiger partial charge in [-0.2, -0.15) is 0 Å². The van der Waals surface area contributed by atoms with Crippen molar-refractivity contribution in [2.75, 3.05) is 25.1 Å². The number of methoxy groups -OCH3 is 1. The van der Waals surface area contributed by atoms with Crippen molar-refractivity contribution in [3.8, 4) is 0 Å². The predicted octanol–water partition coefficient (Wildman–Crippen LogP) is 1.40. The summed E-state index contributed by atoms with van der Waals surface area (Å²) in [5.41, 5.74) is 0.254. The molecule has 0 radical (unpaired) electrons. The van der Waals surface area contributed by atoms with Gasteiger partial charge in [-0.15, -0.1) is 0 Å². The van der Waals surface area contributed by atoms with Crippen molar-refractivity contribution < 1.29 is 14.6 Å². The van der Waals surface area contributed by atoms with Gasteiger partial charge >= 0.3 is 5.97 Å².